The molecule has 8 heteroatoms. The predicted octanol–water partition coefficient (Wildman–Crippen LogP) is 6.94. The number of esters is 1. The van der Waals surface area contributed by atoms with Crippen LogP contribution in [0.3, 0.4) is 0 Å². The fraction of sp³-hybridized carbons (Fsp3) is 0.121. The van der Waals surface area contributed by atoms with E-state index in [0.29, 0.717) is 10.7 Å². The number of pyridine rings is 1. The highest BCUT2D eigenvalue weighted by atomic mass is 32.1. The van der Waals surface area contributed by atoms with Gasteiger partial charge in [0.1, 0.15) is 17.5 Å². The molecule has 5 aromatic rings. The quantitative estimate of drug-likeness (QED) is 0.171. The van der Waals surface area contributed by atoms with Crippen molar-refractivity contribution in [2.24, 2.45) is 0 Å². The van der Waals surface area contributed by atoms with Gasteiger partial charge in [-0.15, -0.1) is 0 Å². The lowest BCUT2D eigenvalue weighted by atomic mass is 10.0. The Kier molecular flexibility index (Phi) is 7.22. The Balaban J connectivity index is 1.39. The fourth-order valence-electron chi connectivity index (χ4n) is 5.12. The van der Waals surface area contributed by atoms with Crippen molar-refractivity contribution in [1.82, 2.24) is 14.9 Å². The summed E-state index contributed by atoms with van der Waals surface area (Å²) in [4.78, 5) is 19.0. The van der Waals surface area contributed by atoms with Gasteiger partial charge in [0, 0.05) is 29.5 Å². The van der Waals surface area contributed by atoms with Crippen LogP contribution in [0.1, 0.15) is 39.4 Å². The molecule has 41 heavy (non-hydrogen) atoms. The number of aromatic nitrogens is 2. The molecule has 0 aliphatic carbocycles. The van der Waals surface area contributed by atoms with E-state index in [2.05, 4.69) is 25.8 Å². The number of carbonyl (C=O) groups is 1. The number of hydrogen-bond donors (Lipinski definition) is 1. The van der Waals surface area contributed by atoms with E-state index in [1.54, 1.807) is 12.3 Å². The van der Waals surface area contributed by atoms with E-state index in [0.717, 1.165) is 34.3 Å². The van der Waals surface area contributed by atoms with Crippen LogP contribution in [0.25, 0.3) is 5.69 Å². The van der Waals surface area contributed by atoms with Gasteiger partial charge >= 0.3 is 5.97 Å². The van der Waals surface area contributed by atoms with Crippen LogP contribution in [-0.2, 0) is 4.74 Å². The molecule has 0 bridgehead atoms. The Labute approximate surface area is 244 Å². The molecular weight excluding hydrogens is 532 g/mol. The van der Waals surface area contributed by atoms with E-state index in [1.807, 2.05) is 104 Å². The Morgan fingerprint density at radius 2 is 1.63 bits per heavy atom. The van der Waals surface area contributed by atoms with Crippen molar-refractivity contribution in [3.05, 3.63) is 138 Å². The molecule has 0 unspecified atom stereocenters. The summed E-state index contributed by atoms with van der Waals surface area (Å²) in [6.45, 7) is 2.05. The highest BCUT2D eigenvalue weighted by molar-refractivity contribution is 7.80. The van der Waals surface area contributed by atoms with Crippen LogP contribution in [0, 0.1) is 6.92 Å². The van der Waals surface area contributed by atoms with Crippen LogP contribution in [0.15, 0.2) is 116 Å². The molecule has 1 saturated heterocycles. The number of methoxy groups -OCH3 is 1. The van der Waals surface area contributed by atoms with Gasteiger partial charge in [-0.1, -0.05) is 29.8 Å². The first-order chi connectivity index (χ1) is 20.0. The van der Waals surface area contributed by atoms with Gasteiger partial charge in [0.2, 0.25) is 0 Å². The smallest absolute Gasteiger partial charge is 0.337 e. The van der Waals surface area contributed by atoms with E-state index in [4.69, 9.17) is 21.7 Å². The van der Waals surface area contributed by atoms with Crippen LogP contribution in [0.2, 0.25) is 0 Å². The van der Waals surface area contributed by atoms with Crippen molar-refractivity contribution < 1.29 is 14.3 Å². The molecule has 2 atom stereocenters. The normalized spacial score (nSPS) is 16.3. The van der Waals surface area contributed by atoms with E-state index in [9.17, 15) is 4.79 Å². The number of ether oxygens (including phenoxy) is 2. The summed E-state index contributed by atoms with van der Waals surface area (Å²) in [7, 11) is 1.38. The largest absolute Gasteiger partial charge is 0.465 e. The second kappa shape index (κ2) is 11.3. The zero-order valence-electron chi connectivity index (χ0n) is 22.6. The molecular formula is C33H28N4O3S. The SMILES string of the molecule is COC(=O)c1cccc(-n2cccc2[C@@H]2[C@@H](c3ccccn3)NC(=S)N2c2ccc(Oc3ccc(C)cc3)cc2)c1. The highest BCUT2D eigenvalue weighted by Gasteiger charge is 2.42. The molecule has 6 rings (SSSR count). The highest BCUT2D eigenvalue weighted by Crippen LogP contribution is 2.42. The Morgan fingerprint density at radius 1 is 0.878 bits per heavy atom. The molecule has 0 saturated carbocycles. The zero-order chi connectivity index (χ0) is 28.3. The van der Waals surface area contributed by atoms with Crippen molar-refractivity contribution >= 4 is 29.0 Å². The number of carbonyl (C=O) groups excluding carboxylic acids is 1. The fourth-order valence-corrected chi connectivity index (χ4v) is 5.47. The minimum atomic E-state index is -0.384. The summed E-state index contributed by atoms with van der Waals surface area (Å²) in [6, 6.07) is 32.8. The second-order valence-electron chi connectivity index (χ2n) is 9.75. The van der Waals surface area contributed by atoms with Crippen LogP contribution in [0.4, 0.5) is 5.69 Å². The molecule has 1 fully saturated rings. The lowest BCUT2D eigenvalue weighted by molar-refractivity contribution is 0.0600. The molecule has 1 aliphatic heterocycles. The van der Waals surface area contributed by atoms with Crippen molar-refractivity contribution in [2.75, 3.05) is 12.0 Å². The monoisotopic (exact) mass is 560 g/mol. The van der Waals surface area contributed by atoms with E-state index in [-0.39, 0.29) is 18.1 Å². The average Bonchev–Trinajstić information content (AvgIpc) is 3.63. The van der Waals surface area contributed by atoms with Gasteiger partial charge in [-0.2, -0.15) is 0 Å². The minimum absolute atomic E-state index is 0.218. The third-order valence-corrected chi connectivity index (χ3v) is 7.41. The summed E-state index contributed by atoms with van der Waals surface area (Å²) in [5.74, 6) is 1.13. The van der Waals surface area contributed by atoms with Gasteiger partial charge < -0.3 is 24.3 Å². The number of rotatable bonds is 7. The molecule has 1 aliphatic rings. The maximum absolute atomic E-state index is 12.3. The zero-order valence-corrected chi connectivity index (χ0v) is 23.4. The van der Waals surface area contributed by atoms with Crippen molar-refractivity contribution in [3.8, 4) is 17.2 Å². The second-order valence-corrected chi connectivity index (χ2v) is 10.1. The number of anilines is 1. The third-order valence-electron chi connectivity index (χ3n) is 7.10. The summed E-state index contributed by atoms with van der Waals surface area (Å²) < 4.78 is 13.1. The molecule has 3 heterocycles. The van der Waals surface area contributed by atoms with Crippen LogP contribution < -0.4 is 15.0 Å². The number of nitrogens with zero attached hydrogens (tertiary/aromatic N) is 3. The first-order valence-electron chi connectivity index (χ1n) is 13.2. The van der Waals surface area contributed by atoms with Gasteiger partial charge in [-0.3, -0.25) is 4.98 Å². The van der Waals surface area contributed by atoms with Crippen LogP contribution >= 0.6 is 12.2 Å². The van der Waals surface area contributed by atoms with E-state index >= 15 is 0 Å². The number of hydrogen-bond acceptors (Lipinski definition) is 5. The minimum Gasteiger partial charge on any atom is -0.465 e. The maximum atomic E-state index is 12.3. The number of benzene rings is 3. The summed E-state index contributed by atoms with van der Waals surface area (Å²) >= 11 is 5.92. The first-order valence-corrected chi connectivity index (χ1v) is 13.6. The summed E-state index contributed by atoms with van der Waals surface area (Å²) in [6.07, 6.45) is 3.77. The van der Waals surface area contributed by atoms with Crippen molar-refractivity contribution in [2.45, 2.75) is 19.0 Å². The van der Waals surface area contributed by atoms with Gasteiger partial charge in [-0.25, -0.2) is 4.79 Å². The predicted molar refractivity (Wildman–Crippen MR) is 163 cm³/mol. The van der Waals surface area contributed by atoms with Crippen LogP contribution in [0.5, 0.6) is 11.5 Å². The van der Waals surface area contributed by atoms with E-state index in [1.165, 1.54) is 12.7 Å². The summed E-state index contributed by atoms with van der Waals surface area (Å²) in [5, 5.41) is 4.10. The Bertz CT molecular complexity index is 1680. The molecule has 7 nitrogen and oxygen atoms in total. The maximum Gasteiger partial charge on any atom is 0.337 e. The van der Waals surface area contributed by atoms with Crippen molar-refractivity contribution in [3.63, 3.8) is 0 Å². The lowest BCUT2D eigenvalue weighted by Crippen LogP contribution is -2.30. The Morgan fingerprint density at radius 3 is 2.34 bits per heavy atom. The van der Waals surface area contributed by atoms with Gasteiger partial charge in [0.15, 0.2) is 5.11 Å². The first kappa shape index (κ1) is 26.3. The Hall–Kier alpha value is -4.95. The summed E-state index contributed by atoms with van der Waals surface area (Å²) in [5.41, 5.74) is 5.27. The van der Waals surface area contributed by atoms with Crippen molar-refractivity contribution in [1.29, 1.82) is 0 Å². The molecule has 0 radical (unpaired) electrons. The van der Waals surface area contributed by atoms with Gasteiger partial charge in [0.05, 0.1) is 24.4 Å². The average molecular weight is 561 g/mol. The topological polar surface area (TPSA) is 68.6 Å². The van der Waals surface area contributed by atoms with Gasteiger partial charge in [0.25, 0.3) is 0 Å². The molecule has 2 aromatic heterocycles. The molecule has 0 spiro atoms. The number of aryl methyl sites for hydroxylation is 1. The third kappa shape index (κ3) is 5.29. The molecule has 204 valence electrons. The number of thiocarbonyl (C=S) groups is 1. The van der Waals surface area contributed by atoms with Gasteiger partial charge in [-0.05, 0) is 98.0 Å². The standard InChI is InChI=1S/C33H28N4O3S/c1-22-11-15-26(16-12-22)40-27-17-13-24(14-18-27)37-31(30(35-33(37)41)28-9-3-4-19-34-28)29-10-6-20-36(29)25-8-5-7-23(21-25)32(38)39-2/h3-21,30-31H,1-2H3,(H,35,41)/t30-,31-/m1/s1. The number of nitrogens with one attached hydrogen (secondary N) is 1. The molecule has 3 aromatic carbocycles. The van der Waals surface area contributed by atoms with E-state index < -0.39 is 0 Å². The van der Waals surface area contributed by atoms with Crippen LogP contribution in [-0.4, -0.2) is 27.7 Å². The molecule has 1 N–H and O–H groups in total. The molecule has 0 amide bonds. The lowest BCUT2D eigenvalue weighted by Gasteiger charge is -2.29.